The van der Waals surface area contributed by atoms with Crippen molar-refractivity contribution >= 4 is 17.8 Å². The van der Waals surface area contributed by atoms with E-state index < -0.39 is 18.8 Å². The first-order chi connectivity index (χ1) is 9.81. The summed E-state index contributed by atoms with van der Waals surface area (Å²) >= 11 is 0. The van der Waals surface area contributed by atoms with E-state index in [9.17, 15) is 13.2 Å². The zero-order valence-corrected chi connectivity index (χ0v) is 12.1. The molecule has 1 unspecified atom stereocenters. The van der Waals surface area contributed by atoms with Crippen LogP contribution in [0, 0.1) is 0 Å². The van der Waals surface area contributed by atoms with E-state index in [-0.39, 0.29) is 11.9 Å². The quantitative estimate of drug-likeness (QED) is 0.695. The van der Waals surface area contributed by atoms with Crippen LogP contribution in [-0.2, 0) is 0 Å². The normalized spacial score (nSPS) is 12.9. The minimum atomic E-state index is -4.69. The number of aromatic nitrogens is 3. The van der Waals surface area contributed by atoms with Crippen molar-refractivity contribution in [2.45, 2.75) is 26.1 Å². The van der Waals surface area contributed by atoms with Crippen LogP contribution in [-0.4, -0.2) is 59.0 Å². The van der Waals surface area contributed by atoms with Crippen molar-refractivity contribution in [1.82, 2.24) is 15.0 Å². The zero-order chi connectivity index (χ0) is 16.0. The van der Waals surface area contributed by atoms with Crippen LogP contribution in [0.1, 0.15) is 13.8 Å². The number of aliphatic hydroxyl groups is 1. The molecule has 0 aliphatic heterocycles. The maximum Gasteiger partial charge on any atom is 0.416 e. The molecule has 1 aromatic heterocycles. The van der Waals surface area contributed by atoms with Crippen LogP contribution in [0.5, 0.6) is 0 Å². The van der Waals surface area contributed by atoms with Crippen LogP contribution in [0.3, 0.4) is 0 Å². The Kier molecular flexibility index (Phi) is 5.94. The van der Waals surface area contributed by atoms with Gasteiger partial charge in [-0.2, -0.15) is 28.1 Å². The summed E-state index contributed by atoms with van der Waals surface area (Å²) in [5, 5.41) is 14.0. The Hall–Kier alpha value is -1.84. The maximum absolute atomic E-state index is 12.3. The number of halogens is 3. The molecule has 10 heteroatoms. The van der Waals surface area contributed by atoms with Crippen LogP contribution in [0.4, 0.5) is 31.0 Å². The van der Waals surface area contributed by atoms with Crippen molar-refractivity contribution in [2.24, 2.45) is 0 Å². The molecule has 21 heavy (non-hydrogen) atoms. The minimum Gasteiger partial charge on any atom is -0.382 e. The van der Waals surface area contributed by atoms with Gasteiger partial charge < -0.3 is 20.6 Å². The molecule has 0 spiro atoms. The molecule has 1 heterocycles. The van der Waals surface area contributed by atoms with E-state index in [4.69, 9.17) is 5.11 Å². The van der Waals surface area contributed by atoms with Gasteiger partial charge in [-0.05, 0) is 13.8 Å². The molecule has 0 saturated heterocycles. The van der Waals surface area contributed by atoms with E-state index in [1.54, 1.807) is 7.05 Å². The van der Waals surface area contributed by atoms with Gasteiger partial charge in [-0.1, -0.05) is 0 Å². The Balaban J connectivity index is 2.89. The van der Waals surface area contributed by atoms with Crippen molar-refractivity contribution in [3.8, 4) is 0 Å². The first kappa shape index (κ1) is 17.2. The van der Waals surface area contributed by atoms with Gasteiger partial charge in [-0.15, -0.1) is 0 Å². The third-order valence-corrected chi connectivity index (χ3v) is 2.72. The van der Waals surface area contributed by atoms with Gasteiger partial charge in [0, 0.05) is 20.1 Å². The largest absolute Gasteiger partial charge is 0.416 e. The Morgan fingerprint density at radius 1 is 1.14 bits per heavy atom. The summed E-state index contributed by atoms with van der Waals surface area (Å²) < 4.78 is 36.8. The van der Waals surface area contributed by atoms with Gasteiger partial charge in [0.05, 0.1) is 6.54 Å². The van der Waals surface area contributed by atoms with Gasteiger partial charge in [0.25, 0.3) is 0 Å². The molecular weight excluding hydrogens is 289 g/mol. The number of aliphatic hydroxyl groups excluding tert-OH is 1. The molecule has 120 valence electrons. The summed E-state index contributed by atoms with van der Waals surface area (Å²) in [7, 11) is 1.59. The number of anilines is 3. The van der Waals surface area contributed by atoms with E-state index in [1.807, 2.05) is 18.7 Å². The Bertz CT molecular complexity index is 452. The average Bonchev–Trinajstić information content (AvgIpc) is 2.44. The van der Waals surface area contributed by atoms with Gasteiger partial charge in [-0.25, -0.2) is 0 Å². The third kappa shape index (κ3) is 4.88. The summed E-state index contributed by atoms with van der Waals surface area (Å²) in [6.45, 7) is 4.39. The molecule has 0 radical (unpaired) electrons. The highest BCUT2D eigenvalue weighted by Crippen LogP contribution is 2.20. The molecule has 3 N–H and O–H groups in total. The second kappa shape index (κ2) is 7.25. The van der Waals surface area contributed by atoms with Crippen LogP contribution in [0.2, 0.25) is 0 Å². The average molecular weight is 308 g/mol. The monoisotopic (exact) mass is 308 g/mol. The van der Waals surface area contributed by atoms with Gasteiger partial charge in [0.1, 0.15) is 0 Å². The predicted molar refractivity (Wildman–Crippen MR) is 73.5 cm³/mol. The topological polar surface area (TPSA) is 86.2 Å². The van der Waals surface area contributed by atoms with Gasteiger partial charge >= 0.3 is 6.18 Å². The second-order valence-corrected chi connectivity index (χ2v) is 4.14. The number of rotatable bonds is 7. The summed E-state index contributed by atoms with van der Waals surface area (Å²) in [5.74, 6) is 0.554. The fourth-order valence-electron chi connectivity index (χ4n) is 1.51. The summed E-state index contributed by atoms with van der Waals surface area (Å²) in [4.78, 5) is 13.9. The number of hydrogen-bond acceptors (Lipinski definition) is 7. The molecular formula is C11H19F3N6O. The Labute approximate surface area is 120 Å². The molecule has 1 aromatic rings. The number of alkyl halides is 3. The first-order valence-electron chi connectivity index (χ1n) is 6.49. The van der Waals surface area contributed by atoms with Gasteiger partial charge in [0.2, 0.25) is 17.8 Å². The molecule has 1 atom stereocenters. The molecule has 0 amide bonds. The zero-order valence-electron chi connectivity index (χ0n) is 12.1. The number of nitrogens with one attached hydrogen (secondary N) is 2. The lowest BCUT2D eigenvalue weighted by atomic mass is 10.3. The highest BCUT2D eigenvalue weighted by Gasteiger charge is 2.38. The molecule has 0 bridgehead atoms. The fraction of sp³-hybridized carbons (Fsp3) is 0.727. The third-order valence-electron chi connectivity index (χ3n) is 2.72. The second-order valence-electron chi connectivity index (χ2n) is 4.14. The van der Waals surface area contributed by atoms with Crippen LogP contribution in [0.25, 0.3) is 0 Å². The van der Waals surface area contributed by atoms with E-state index in [2.05, 4.69) is 25.6 Å². The van der Waals surface area contributed by atoms with Crippen molar-refractivity contribution in [2.75, 3.05) is 42.2 Å². The van der Waals surface area contributed by atoms with Crippen molar-refractivity contribution in [3.63, 3.8) is 0 Å². The molecule has 0 saturated carbocycles. The van der Waals surface area contributed by atoms with E-state index in [0.29, 0.717) is 19.0 Å². The molecule has 1 rings (SSSR count). The summed E-state index contributed by atoms with van der Waals surface area (Å²) in [5.41, 5.74) is 0. The Morgan fingerprint density at radius 3 is 2.19 bits per heavy atom. The van der Waals surface area contributed by atoms with Crippen molar-refractivity contribution < 1.29 is 18.3 Å². The molecule has 0 aliphatic rings. The first-order valence-corrected chi connectivity index (χ1v) is 6.49. The molecule has 0 aliphatic carbocycles. The number of hydrogen-bond donors (Lipinski definition) is 3. The van der Waals surface area contributed by atoms with E-state index in [1.165, 1.54) is 0 Å². The molecule has 7 nitrogen and oxygen atoms in total. The highest BCUT2D eigenvalue weighted by molar-refractivity contribution is 5.43. The smallest absolute Gasteiger partial charge is 0.382 e. The van der Waals surface area contributed by atoms with Crippen molar-refractivity contribution in [1.29, 1.82) is 0 Å². The van der Waals surface area contributed by atoms with Crippen LogP contribution in [0.15, 0.2) is 0 Å². The lowest BCUT2D eigenvalue weighted by Crippen LogP contribution is -2.35. The lowest BCUT2D eigenvalue weighted by Gasteiger charge is -2.20. The minimum absolute atomic E-state index is 0.0282. The highest BCUT2D eigenvalue weighted by atomic mass is 19.4. The van der Waals surface area contributed by atoms with Crippen LogP contribution < -0.4 is 15.5 Å². The predicted octanol–water partition coefficient (Wildman–Crippen LogP) is 1.09. The summed E-state index contributed by atoms with van der Waals surface area (Å²) in [6, 6.07) is 0. The molecule has 0 aromatic carbocycles. The SMILES string of the molecule is CCN(CC)c1nc(NC)nc(NCC(O)C(F)(F)F)n1. The van der Waals surface area contributed by atoms with Crippen molar-refractivity contribution in [3.05, 3.63) is 0 Å². The molecule has 0 fully saturated rings. The van der Waals surface area contributed by atoms with E-state index in [0.717, 1.165) is 0 Å². The van der Waals surface area contributed by atoms with Crippen LogP contribution >= 0.6 is 0 Å². The standard InChI is InChI=1S/C11H19F3N6O/c1-4-20(5-2)10-18-8(15-3)17-9(19-10)16-6-7(21)11(12,13)14/h7,21H,4-6H2,1-3H3,(H2,15,16,17,18,19). The van der Waals surface area contributed by atoms with Gasteiger partial charge in [-0.3, -0.25) is 0 Å². The van der Waals surface area contributed by atoms with E-state index >= 15 is 0 Å². The lowest BCUT2D eigenvalue weighted by molar-refractivity contribution is -0.198. The van der Waals surface area contributed by atoms with Gasteiger partial charge in [0.15, 0.2) is 6.10 Å². The Morgan fingerprint density at radius 2 is 1.71 bits per heavy atom. The number of nitrogens with zero attached hydrogens (tertiary/aromatic N) is 4. The maximum atomic E-state index is 12.3. The summed E-state index contributed by atoms with van der Waals surface area (Å²) in [6.07, 6.45) is -7.17. The fourth-order valence-corrected chi connectivity index (χ4v) is 1.51.